The van der Waals surface area contributed by atoms with E-state index in [2.05, 4.69) is 6.92 Å². The van der Waals surface area contributed by atoms with Crippen LogP contribution in [0.5, 0.6) is 0 Å². The van der Waals surface area contributed by atoms with Gasteiger partial charge in [-0.3, -0.25) is 0 Å². The molecular weight excluding hydrogens is 235 g/mol. The number of benzene rings is 1. The number of halogens is 1. The van der Waals surface area contributed by atoms with E-state index in [1.165, 1.54) is 63.4 Å². The van der Waals surface area contributed by atoms with E-state index in [-0.39, 0.29) is 5.82 Å². The Hall–Kier alpha value is -0.850. The van der Waals surface area contributed by atoms with Gasteiger partial charge in [-0.2, -0.15) is 0 Å². The minimum absolute atomic E-state index is 0.117. The molecule has 19 heavy (non-hydrogen) atoms. The lowest BCUT2D eigenvalue weighted by Gasteiger charge is -2.28. The molecule has 0 N–H and O–H groups in total. The molecule has 0 aliphatic heterocycles. The molecule has 0 heterocycles. The van der Waals surface area contributed by atoms with Crippen LogP contribution in [0.4, 0.5) is 4.39 Å². The first kappa shape index (κ1) is 14.6. The van der Waals surface area contributed by atoms with Crippen LogP contribution in [-0.4, -0.2) is 0 Å². The highest BCUT2D eigenvalue weighted by Crippen LogP contribution is 2.37. The summed E-state index contributed by atoms with van der Waals surface area (Å²) in [6.45, 7) is 2.27. The van der Waals surface area contributed by atoms with Gasteiger partial charge in [0.1, 0.15) is 5.82 Å². The Labute approximate surface area is 117 Å². The lowest BCUT2D eigenvalue weighted by Crippen LogP contribution is -2.13. The molecule has 0 unspecified atom stereocenters. The summed E-state index contributed by atoms with van der Waals surface area (Å²) < 4.78 is 12.9. The summed E-state index contributed by atoms with van der Waals surface area (Å²) in [4.78, 5) is 0. The zero-order valence-corrected chi connectivity index (χ0v) is 12.2. The van der Waals surface area contributed by atoms with Crippen LogP contribution in [0.25, 0.3) is 0 Å². The SMILES string of the molecule is CCCCCCC1CCC(c2ccc(F)cc2)CC1. The Kier molecular flexibility index (Phi) is 5.88. The van der Waals surface area contributed by atoms with Crippen LogP contribution >= 0.6 is 0 Å². The molecule has 0 radical (unpaired) electrons. The van der Waals surface area contributed by atoms with E-state index in [9.17, 15) is 4.39 Å². The minimum atomic E-state index is -0.117. The van der Waals surface area contributed by atoms with Crippen LogP contribution < -0.4 is 0 Å². The maximum Gasteiger partial charge on any atom is 0.123 e. The molecular formula is C18H27F. The van der Waals surface area contributed by atoms with Crippen molar-refractivity contribution in [1.29, 1.82) is 0 Å². The van der Waals surface area contributed by atoms with Gasteiger partial charge >= 0.3 is 0 Å². The normalized spacial score (nSPS) is 23.5. The summed E-state index contributed by atoms with van der Waals surface area (Å²) in [5.74, 6) is 1.51. The third-order valence-electron chi connectivity index (χ3n) is 4.65. The first-order chi connectivity index (χ1) is 9.29. The third-order valence-corrected chi connectivity index (χ3v) is 4.65. The maximum absolute atomic E-state index is 12.9. The summed E-state index contributed by atoms with van der Waals surface area (Å²) in [6, 6.07) is 7.15. The van der Waals surface area contributed by atoms with Crippen molar-refractivity contribution in [3.63, 3.8) is 0 Å². The highest BCUT2D eigenvalue weighted by Gasteiger charge is 2.21. The summed E-state index contributed by atoms with van der Waals surface area (Å²) in [5, 5.41) is 0. The fourth-order valence-electron chi connectivity index (χ4n) is 3.38. The number of hydrogen-bond acceptors (Lipinski definition) is 0. The van der Waals surface area contributed by atoms with Crippen molar-refractivity contribution in [1.82, 2.24) is 0 Å². The first-order valence-corrected chi connectivity index (χ1v) is 8.05. The van der Waals surface area contributed by atoms with Crippen LogP contribution in [0, 0.1) is 11.7 Å². The second-order valence-electron chi connectivity index (χ2n) is 6.12. The van der Waals surface area contributed by atoms with E-state index >= 15 is 0 Å². The van der Waals surface area contributed by atoms with Crippen LogP contribution in [-0.2, 0) is 0 Å². The topological polar surface area (TPSA) is 0 Å². The second-order valence-corrected chi connectivity index (χ2v) is 6.12. The van der Waals surface area contributed by atoms with Crippen LogP contribution in [0.15, 0.2) is 24.3 Å². The largest absolute Gasteiger partial charge is 0.207 e. The monoisotopic (exact) mass is 262 g/mol. The number of unbranched alkanes of at least 4 members (excludes halogenated alkanes) is 3. The molecule has 0 atom stereocenters. The average Bonchev–Trinajstić information content (AvgIpc) is 2.45. The van der Waals surface area contributed by atoms with Crippen molar-refractivity contribution in [3.05, 3.63) is 35.6 Å². The fourth-order valence-corrected chi connectivity index (χ4v) is 3.38. The molecule has 0 nitrogen and oxygen atoms in total. The van der Waals surface area contributed by atoms with Crippen molar-refractivity contribution in [2.24, 2.45) is 5.92 Å². The summed E-state index contributed by atoms with van der Waals surface area (Å²) >= 11 is 0. The van der Waals surface area contributed by atoms with Crippen LogP contribution in [0.3, 0.4) is 0 Å². The molecule has 2 rings (SSSR count). The molecule has 1 aromatic rings. The molecule has 1 aromatic carbocycles. The van der Waals surface area contributed by atoms with Crippen molar-refractivity contribution in [3.8, 4) is 0 Å². The van der Waals surface area contributed by atoms with Gasteiger partial charge in [0, 0.05) is 0 Å². The predicted octanol–water partition coefficient (Wildman–Crippen LogP) is 6.07. The third kappa shape index (κ3) is 4.63. The standard InChI is InChI=1S/C18H27F/c1-2-3-4-5-6-15-7-9-16(10-8-15)17-11-13-18(19)14-12-17/h11-16H,2-10H2,1H3. The summed E-state index contributed by atoms with van der Waals surface area (Å²) in [5.41, 5.74) is 1.34. The smallest absolute Gasteiger partial charge is 0.123 e. The van der Waals surface area contributed by atoms with E-state index < -0.39 is 0 Å². The number of rotatable bonds is 6. The van der Waals surface area contributed by atoms with Crippen LogP contribution in [0.1, 0.15) is 76.2 Å². The second kappa shape index (κ2) is 7.67. The van der Waals surface area contributed by atoms with Gasteiger partial charge in [-0.05, 0) is 55.2 Å². The lowest BCUT2D eigenvalue weighted by atomic mass is 9.77. The molecule has 1 saturated carbocycles. The zero-order valence-electron chi connectivity index (χ0n) is 12.2. The highest BCUT2D eigenvalue weighted by molar-refractivity contribution is 5.20. The number of hydrogen-bond donors (Lipinski definition) is 0. The predicted molar refractivity (Wildman–Crippen MR) is 79.9 cm³/mol. The van der Waals surface area contributed by atoms with E-state index in [4.69, 9.17) is 0 Å². The van der Waals surface area contributed by atoms with Gasteiger partial charge in [0.2, 0.25) is 0 Å². The van der Waals surface area contributed by atoms with Gasteiger partial charge in [0.05, 0.1) is 0 Å². The molecule has 0 aromatic heterocycles. The Morgan fingerprint density at radius 1 is 0.947 bits per heavy atom. The molecule has 1 fully saturated rings. The minimum Gasteiger partial charge on any atom is -0.207 e. The van der Waals surface area contributed by atoms with Gasteiger partial charge in [0.25, 0.3) is 0 Å². The zero-order chi connectivity index (χ0) is 13.5. The molecule has 1 aliphatic carbocycles. The van der Waals surface area contributed by atoms with Crippen molar-refractivity contribution >= 4 is 0 Å². The van der Waals surface area contributed by atoms with Gasteiger partial charge in [-0.25, -0.2) is 4.39 Å². The lowest BCUT2D eigenvalue weighted by molar-refractivity contribution is 0.302. The van der Waals surface area contributed by atoms with Crippen molar-refractivity contribution in [2.45, 2.75) is 70.6 Å². The summed E-state index contributed by atoms with van der Waals surface area (Å²) in [6.07, 6.45) is 12.3. The van der Waals surface area contributed by atoms with Gasteiger partial charge in [-0.15, -0.1) is 0 Å². The first-order valence-electron chi connectivity index (χ1n) is 8.05. The van der Waals surface area contributed by atoms with E-state index in [1.807, 2.05) is 12.1 Å². The van der Waals surface area contributed by atoms with Crippen molar-refractivity contribution < 1.29 is 4.39 Å². The van der Waals surface area contributed by atoms with E-state index in [0.29, 0.717) is 5.92 Å². The molecule has 0 bridgehead atoms. The Bertz CT molecular complexity index is 346. The molecule has 0 amide bonds. The molecule has 0 spiro atoms. The van der Waals surface area contributed by atoms with E-state index in [0.717, 1.165) is 5.92 Å². The summed E-state index contributed by atoms with van der Waals surface area (Å²) in [7, 11) is 0. The Morgan fingerprint density at radius 3 is 2.26 bits per heavy atom. The van der Waals surface area contributed by atoms with Gasteiger partial charge in [0.15, 0.2) is 0 Å². The molecule has 1 aliphatic rings. The average molecular weight is 262 g/mol. The molecule has 106 valence electrons. The Morgan fingerprint density at radius 2 is 1.63 bits per heavy atom. The van der Waals surface area contributed by atoms with Gasteiger partial charge in [-0.1, -0.05) is 51.2 Å². The van der Waals surface area contributed by atoms with Crippen molar-refractivity contribution in [2.75, 3.05) is 0 Å². The maximum atomic E-state index is 12.9. The fraction of sp³-hybridized carbons (Fsp3) is 0.667. The quantitative estimate of drug-likeness (QED) is 0.546. The van der Waals surface area contributed by atoms with E-state index in [1.54, 1.807) is 12.1 Å². The van der Waals surface area contributed by atoms with Crippen LogP contribution in [0.2, 0.25) is 0 Å². The molecule has 1 heteroatoms. The highest BCUT2D eigenvalue weighted by atomic mass is 19.1. The van der Waals surface area contributed by atoms with Gasteiger partial charge < -0.3 is 0 Å². The molecule has 0 saturated heterocycles. The Balaban J connectivity index is 1.71.